The highest BCUT2D eigenvalue weighted by Gasteiger charge is 2.30. The Morgan fingerprint density at radius 3 is 2.35 bits per heavy atom. The van der Waals surface area contributed by atoms with Gasteiger partial charge in [-0.05, 0) is 67.6 Å². The number of amides is 1. The lowest BCUT2D eigenvalue weighted by atomic mass is 10.2. The molecule has 0 N–H and O–H groups in total. The van der Waals surface area contributed by atoms with Crippen molar-refractivity contribution in [3.8, 4) is 5.69 Å². The van der Waals surface area contributed by atoms with Crippen LogP contribution in [-0.2, 0) is 4.79 Å². The second kappa shape index (κ2) is 7.03. The molecule has 1 aliphatic rings. The van der Waals surface area contributed by atoms with Crippen molar-refractivity contribution < 1.29 is 4.79 Å². The van der Waals surface area contributed by atoms with E-state index in [1.165, 1.54) is 17.4 Å². The van der Waals surface area contributed by atoms with Gasteiger partial charge in [-0.25, -0.2) is 0 Å². The van der Waals surface area contributed by atoms with Crippen molar-refractivity contribution in [1.82, 2.24) is 9.47 Å². The number of anilines is 1. The summed E-state index contributed by atoms with van der Waals surface area (Å²) in [4.78, 5) is 20.9. The predicted octanol–water partition coefficient (Wildman–Crippen LogP) is 3.69. The van der Waals surface area contributed by atoms with E-state index in [0.29, 0.717) is 4.91 Å². The zero-order chi connectivity index (χ0) is 19.0. The van der Waals surface area contributed by atoms with Crippen LogP contribution in [0.4, 0.5) is 5.69 Å². The lowest BCUT2D eigenvalue weighted by molar-refractivity contribution is -0.121. The summed E-state index contributed by atoms with van der Waals surface area (Å²) in [6.45, 7) is 4.17. The molecule has 2 aromatic rings. The maximum absolute atomic E-state index is 12.4. The Hall–Kier alpha value is -2.47. The maximum atomic E-state index is 12.4. The van der Waals surface area contributed by atoms with Crippen molar-refractivity contribution >= 4 is 34.6 Å². The topological polar surface area (TPSA) is 40.8 Å². The molecule has 136 valence electrons. The van der Waals surface area contributed by atoms with Gasteiger partial charge in [-0.15, -0.1) is 0 Å². The molecule has 0 saturated carbocycles. The SMILES string of the molecule is CN=C1S/C(=C\c2cc(C)n(-c3ccc(N(C)C)cc3)c2C)C(=O)N1C. The van der Waals surface area contributed by atoms with Crippen LogP contribution in [0.1, 0.15) is 17.0 Å². The normalized spacial score (nSPS) is 17.6. The van der Waals surface area contributed by atoms with Crippen molar-refractivity contribution in [1.29, 1.82) is 0 Å². The standard InChI is InChI=1S/C20H24N4OS/c1-13-11-15(12-18-19(25)23(6)20(21-3)26-18)14(2)24(13)17-9-7-16(8-10-17)22(4)5/h7-12H,1-6H3/b18-12-,21-20?. The van der Waals surface area contributed by atoms with Gasteiger partial charge < -0.3 is 9.47 Å². The minimum atomic E-state index is -0.00395. The first-order chi connectivity index (χ1) is 12.3. The van der Waals surface area contributed by atoms with Crippen molar-refractivity contribution in [3.05, 3.63) is 52.2 Å². The van der Waals surface area contributed by atoms with E-state index in [4.69, 9.17) is 0 Å². The lowest BCUT2D eigenvalue weighted by Crippen LogP contribution is -2.23. The molecule has 26 heavy (non-hydrogen) atoms. The average molecular weight is 369 g/mol. The van der Waals surface area contributed by atoms with Gasteiger partial charge in [0, 0.05) is 51.0 Å². The quantitative estimate of drug-likeness (QED) is 0.776. The zero-order valence-corrected chi connectivity index (χ0v) is 16.9. The van der Waals surface area contributed by atoms with Gasteiger partial charge in [-0.1, -0.05) is 0 Å². The first-order valence-corrected chi connectivity index (χ1v) is 9.26. The van der Waals surface area contributed by atoms with E-state index >= 15 is 0 Å². The number of carbonyl (C=O) groups excluding carboxylic acids is 1. The summed E-state index contributed by atoms with van der Waals surface area (Å²) < 4.78 is 2.22. The van der Waals surface area contributed by atoms with Crippen LogP contribution in [0.2, 0.25) is 0 Å². The van der Waals surface area contributed by atoms with Crippen molar-refractivity contribution in [3.63, 3.8) is 0 Å². The van der Waals surface area contributed by atoms with Crippen LogP contribution in [0.3, 0.4) is 0 Å². The summed E-state index contributed by atoms with van der Waals surface area (Å²) in [5, 5.41) is 0.731. The third-order valence-corrected chi connectivity index (χ3v) is 5.73. The second-order valence-electron chi connectivity index (χ2n) is 6.55. The van der Waals surface area contributed by atoms with Gasteiger partial charge in [-0.2, -0.15) is 0 Å². The molecule has 1 aliphatic heterocycles. The summed E-state index contributed by atoms with van der Waals surface area (Å²) >= 11 is 1.42. The molecule has 0 bridgehead atoms. The van der Waals surface area contributed by atoms with Crippen LogP contribution >= 0.6 is 11.8 Å². The van der Waals surface area contributed by atoms with E-state index in [0.717, 1.165) is 27.8 Å². The van der Waals surface area contributed by atoms with E-state index in [-0.39, 0.29) is 5.91 Å². The molecular formula is C20H24N4OS. The summed E-state index contributed by atoms with van der Waals surface area (Å²) in [5.41, 5.74) is 5.60. The fraction of sp³-hybridized carbons (Fsp3) is 0.300. The molecule has 0 atom stereocenters. The molecule has 1 aromatic carbocycles. The minimum absolute atomic E-state index is 0.00395. The monoisotopic (exact) mass is 368 g/mol. The molecular weight excluding hydrogens is 344 g/mol. The number of nitrogens with zero attached hydrogens (tertiary/aromatic N) is 4. The molecule has 5 nitrogen and oxygen atoms in total. The third-order valence-electron chi connectivity index (χ3n) is 4.58. The Morgan fingerprint density at radius 1 is 1.15 bits per heavy atom. The van der Waals surface area contributed by atoms with Crippen LogP contribution in [0.5, 0.6) is 0 Å². The van der Waals surface area contributed by atoms with Gasteiger partial charge in [-0.3, -0.25) is 14.7 Å². The van der Waals surface area contributed by atoms with E-state index in [9.17, 15) is 4.79 Å². The van der Waals surface area contributed by atoms with E-state index < -0.39 is 0 Å². The second-order valence-corrected chi connectivity index (χ2v) is 7.56. The number of aromatic nitrogens is 1. The number of aryl methyl sites for hydroxylation is 1. The Bertz CT molecular complexity index is 907. The van der Waals surface area contributed by atoms with E-state index in [1.807, 2.05) is 20.2 Å². The molecule has 0 spiro atoms. The van der Waals surface area contributed by atoms with E-state index in [1.54, 1.807) is 19.0 Å². The highest BCUT2D eigenvalue weighted by atomic mass is 32.2. The van der Waals surface area contributed by atoms with Gasteiger partial charge in [0.15, 0.2) is 5.17 Å². The highest BCUT2D eigenvalue weighted by molar-refractivity contribution is 8.18. The Balaban J connectivity index is 1.99. The van der Waals surface area contributed by atoms with Gasteiger partial charge >= 0.3 is 0 Å². The Labute approximate surface area is 159 Å². The fourth-order valence-electron chi connectivity index (χ4n) is 3.12. The largest absolute Gasteiger partial charge is 0.378 e. The van der Waals surface area contributed by atoms with Crippen molar-refractivity contribution in [2.75, 3.05) is 33.1 Å². The van der Waals surface area contributed by atoms with Gasteiger partial charge in [0.05, 0.1) is 4.91 Å². The molecule has 0 unspecified atom stereocenters. The summed E-state index contributed by atoms with van der Waals surface area (Å²) in [6, 6.07) is 10.6. The molecule has 0 aliphatic carbocycles. The molecule has 1 saturated heterocycles. The average Bonchev–Trinajstić information content (AvgIpc) is 3.05. The number of carbonyl (C=O) groups is 1. The first kappa shape index (κ1) is 18.3. The smallest absolute Gasteiger partial charge is 0.266 e. The molecule has 3 rings (SSSR count). The molecule has 0 radical (unpaired) electrons. The number of hydrogen-bond acceptors (Lipinski definition) is 4. The van der Waals surface area contributed by atoms with Gasteiger partial charge in [0.2, 0.25) is 0 Å². The number of benzene rings is 1. The Morgan fingerprint density at radius 2 is 1.81 bits per heavy atom. The number of likely N-dealkylation sites (N-methyl/N-ethyl adjacent to an activating group) is 1. The number of aliphatic imine (C=N–C) groups is 1. The minimum Gasteiger partial charge on any atom is -0.378 e. The number of amidine groups is 1. The summed E-state index contributed by atoms with van der Waals surface area (Å²) in [6.07, 6.45) is 1.97. The molecule has 1 aromatic heterocycles. The number of rotatable bonds is 3. The van der Waals surface area contributed by atoms with Crippen LogP contribution in [-0.4, -0.2) is 48.7 Å². The number of thioether (sulfide) groups is 1. The highest BCUT2D eigenvalue weighted by Crippen LogP contribution is 2.33. The first-order valence-electron chi connectivity index (χ1n) is 8.44. The molecule has 2 heterocycles. The number of hydrogen-bond donors (Lipinski definition) is 0. The van der Waals surface area contributed by atoms with Gasteiger partial charge in [0.25, 0.3) is 5.91 Å². The Kier molecular flexibility index (Phi) is 4.96. The fourth-order valence-corrected chi connectivity index (χ4v) is 4.04. The van der Waals surface area contributed by atoms with Crippen LogP contribution in [0.15, 0.2) is 40.2 Å². The predicted molar refractivity (Wildman–Crippen MR) is 111 cm³/mol. The summed E-state index contributed by atoms with van der Waals surface area (Å²) in [5.74, 6) is -0.00395. The van der Waals surface area contributed by atoms with Crippen LogP contribution < -0.4 is 4.90 Å². The molecule has 1 amide bonds. The summed E-state index contributed by atoms with van der Waals surface area (Å²) in [7, 11) is 7.53. The molecule has 6 heteroatoms. The van der Waals surface area contributed by atoms with Crippen molar-refractivity contribution in [2.24, 2.45) is 4.99 Å². The lowest BCUT2D eigenvalue weighted by Gasteiger charge is -2.14. The molecule has 1 fully saturated rings. The third kappa shape index (κ3) is 3.17. The van der Waals surface area contributed by atoms with E-state index in [2.05, 4.69) is 58.6 Å². The maximum Gasteiger partial charge on any atom is 0.266 e. The van der Waals surface area contributed by atoms with Crippen molar-refractivity contribution in [2.45, 2.75) is 13.8 Å². The van der Waals surface area contributed by atoms with Gasteiger partial charge in [0.1, 0.15) is 0 Å². The zero-order valence-electron chi connectivity index (χ0n) is 16.1. The van der Waals surface area contributed by atoms with Crippen LogP contribution in [0.25, 0.3) is 11.8 Å². The van der Waals surface area contributed by atoms with Crippen LogP contribution in [0, 0.1) is 13.8 Å².